The molecule has 0 spiro atoms. The van der Waals surface area contributed by atoms with Gasteiger partial charge in [-0.2, -0.15) is 5.70 Å². The molecule has 15 atom stereocenters. The van der Waals surface area contributed by atoms with Crippen molar-refractivity contribution in [2.45, 2.75) is 196 Å². The SMILES string of the molecule is C.CC1=C2[C+]=C(C=C3N=C(C(C)=C4[N-]C(C)(C5N=C1C(C)(CCC(=O)NCC(C)OP(=O)([O-])OC1C(CO)OC(n6cnc7cc(C)c(C)cc76)C1O)C5CC(N)=O)C(C)(CC(N)=O)C4CCC(N)=O)C(C)(CC(N)=O)C3CCC(N)=O)C(C)(C)C2CCC(N)=O.[2HH].[B].[CH3-].[Co]. The first-order valence-corrected chi connectivity index (χ1v) is 32.0. The zero-order valence-corrected chi connectivity index (χ0v) is 57.1. The minimum atomic E-state index is -5.32. The number of carbonyl (C=O) groups is 7. The molecule has 15 unspecified atom stereocenters. The summed E-state index contributed by atoms with van der Waals surface area (Å²) in [4.78, 5) is 122. The third-order valence-electron chi connectivity index (χ3n) is 20.6. The minimum absolute atomic E-state index is 0. The molecule has 8 rings (SSSR count). The van der Waals surface area contributed by atoms with E-state index in [1.54, 1.807) is 6.92 Å². The molecule has 1 aromatic heterocycles. The number of phosphoric acid groups is 1. The van der Waals surface area contributed by atoms with E-state index in [9.17, 15) is 53.2 Å². The fourth-order valence-electron chi connectivity index (χ4n) is 15.4. The molecule has 2 saturated heterocycles. The van der Waals surface area contributed by atoms with Crippen LogP contribution in [-0.4, -0.2) is 130 Å². The van der Waals surface area contributed by atoms with E-state index in [4.69, 9.17) is 63.5 Å². The second-order valence-electron chi connectivity index (χ2n) is 27.1. The summed E-state index contributed by atoms with van der Waals surface area (Å²) in [5, 5.41) is 30.1. The summed E-state index contributed by atoms with van der Waals surface area (Å²) < 4.78 is 31.9. The molecule has 15 N–H and O–H groups in total. The predicted molar refractivity (Wildman–Crippen MR) is 352 cm³/mol. The third-order valence-corrected chi connectivity index (χ3v) is 21.7. The minimum Gasteiger partial charge on any atom is -0.756 e. The van der Waals surface area contributed by atoms with Crippen LogP contribution in [0.25, 0.3) is 16.4 Å². The first kappa shape index (κ1) is 80.0. The van der Waals surface area contributed by atoms with Gasteiger partial charge in [0.2, 0.25) is 41.4 Å². The van der Waals surface area contributed by atoms with Gasteiger partial charge in [-0.1, -0.05) is 54.5 Å². The van der Waals surface area contributed by atoms with Gasteiger partial charge >= 0.3 is 0 Å². The zero-order chi connectivity index (χ0) is 66.7. The smallest absolute Gasteiger partial charge is 0.268 e. The number of aliphatic hydroxyl groups is 2. The molecule has 520 valence electrons. The molecule has 1 aromatic carbocycles. The normalized spacial score (nSPS) is 30.6. The average Bonchev–Trinajstić information content (AvgIpc) is 1.53. The fraction of sp³-hybridized carbons (Fsp3) is 0.615. The van der Waals surface area contributed by atoms with E-state index in [2.05, 4.69) is 16.4 Å². The molecule has 6 aliphatic rings. The van der Waals surface area contributed by atoms with Crippen LogP contribution in [0.4, 0.5) is 0 Å². The number of primary amides is 6. The summed E-state index contributed by atoms with van der Waals surface area (Å²) >= 11 is 0. The van der Waals surface area contributed by atoms with Crippen molar-refractivity contribution in [2.75, 3.05) is 13.2 Å². The van der Waals surface area contributed by atoms with Crippen LogP contribution >= 0.6 is 7.82 Å². The number of rotatable bonds is 26. The van der Waals surface area contributed by atoms with Crippen molar-refractivity contribution in [3.05, 3.63) is 88.2 Å². The zero-order valence-electron chi connectivity index (χ0n) is 55.1. The van der Waals surface area contributed by atoms with Gasteiger partial charge in [-0.3, -0.25) is 43.1 Å². The Labute approximate surface area is 565 Å². The summed E-state index contributed by atoms with van der Waals surface area (Å²) in [6, 6.07) is 2.67. The third kappa shape index (κ3) is 15.2. The number of phosphoric ester groups is 1. The summed E-state index contributed by atoms with van der Waals surface area (Å²) in [7, 11) is -5.32. The van der Waals surface area contributed by atoms with Gasteiger partial charge in [0.15, 0.2) is 6.23 Å². The Balaban J connectivity index is 0.00000470. The number of nitrogens with zero attached hydrogens (tertiary/aromatic N) is 5. The number of hydrogen-bond donors (Lipinski definition) is 9. The van der Waals surface area contributed by atoms with Crippen molar-refractivity contribution < 1.29 is 85.2 Å². The fourth-order valence-corrected chi connectivity index (χ4v) is 16.6. The van der Waals surface area contributed by atoms with Crippen molar-refractivity contribution in [2.24, 2.45) is 89.7 Å². The maximum atomic E-state index is 14.4. The van der Waals surface area contributed by atoms with Crippen LogP contribution in [-0.2, 0) is 68.7 Å². The van der Waals surface area contributed by atoms with E-state index in [0.29, 0.717) is 56.1 Å². The van der Waals surface area contributed by atoms with Gasteiger partial charge in [0.1, 0.15) is 29.5 Å². The van der Waals surface area contributed by atoms with Gasteiger partial charge in [-0.05, 0) is 93.5 Å². The van der Waals surface area contributed by atoms with Gasteiger partial charge in [0.05, 0.1) is 58.8 Å². The van der Waals surface area contributed by atoms with Gasteiger partial charge in [0, 0.05) is 131 Å². The molecule has 4 radical (unpaired) electrons. The molecule has 2 aromatic rings. The number of aliphatic hydroxyl groups excluding tert-OH is 2. The molecular weight excluding hydrogens is 1270 g/mol. The van der Waals surface area contributed by atoms with Gasteiger partial charge in [-0.25, -0.2) is 9.98 Å². The number of nitrogens with one attached hydrogen (secondary N) is 1. The number of carbonyl (C=O) groups excluding carboxylic acids is 7. The number of imidazole rings is 1. The van der Waals surface area contributed by atoms with Crippen LogP contribution in [0.15, 0.2) is 68.2 Å². The van der Waals surface area contributed by atoms with Crippen LogP contribution in [0.1, 0.15) is 159 Å². The molecule has 2 fully saturated rings. The largest absolute Gasteiger partial charge is 0.756 e. The van der Waals surface area contributed by atoms with Crippen molar-refractivity contribution in [3.63, 3.8) is 0 Å². The number of fused-ring (bicyclic) bond motifs is 7. The molecule has 8 bridgehead atoms. The van der Waals surface area contributed by atoms with Crippen molar-refractivity contribution in [1.29, 1.82) is 0 Å². The van der Waals surface area contributed by atoms with Crippen molar-refractivity contribution in [1.82, 2.24) is 14.9 Å². The summed E-state index contributed by atoms with van der Waals surface area (Å²) in [5.74, 6) is -7.25. The molecule has 94 heavy (non-hydrogen) atoms. The maximum absolute atomic E-state index is 14.4. The molecule has 26 nitrogen and oxygen atoms in total. The quantitative estimate of drug-likeness (QED) is 0.0353. The van der Waals surface area contributed by atoms with E-state index in [0.717, 1.165) is 11.1 Å². The van der Waals surface area contributed by atoms with E-state index >= 15 is 0 Å². The van der Waals surface area contributed by atoms with Gasteiger partial charge < -0.3 is 85.9 Å². The Hall–Kier alpha value is -6.45. The standard InChI is InChI=1S/C63H89N12O14P.CH4.CH3.B.Co.H2/c1-30-20-42-43(21-31(30)2)75(29-71-42)58-53(84)54(44(28-76)87-58)89-90(85,86)88-32(3)27-70-51(83)18-19-60(8)40(24-48(67)80)57-63(11)62(10,26-50(69)82)39(14-17-47(66)79)52(74-63)34(5)56-61(9,25-49(68)81)38(13-16-46(65)78)41(72-56)23-35-22-36(33(4)55(60)73-57)37(59(35,6)7)12-15-45(64)77;;;;;/h20-21,23,29,32,37-40,44,53-54,57-58,76,84H,12-19,24-28H2,1-11H3,(H14-,64,65,66,67,68,69,70,72,73,74,77,78,79,80,81,82,83,85,86);1H4;1H3;;;1H/q;;-1;;;/p-1/i;;;;;1+1. The monoisotopic (exact) mass is 1370 g/mol. The average molecular weight is 1370 g/mol. The number of allylic oxidation sites excluding steroid dienone is 8. The molecule has 6 heterocycles. The molecular formula is C65H97BCoN12O14P-2. The van der Waals surface area contributed by atoms with Crippen molar-refractivity contribution in [3.8, 4) is 0 Å². The topological polar surface area (TPSA) is 453 Å². The van der Waals surface area contributed by atoms with Crippen molar-refractivity contribution >= 4 is 80.0 Å². The summed E-state index contributed by atoms with van der Waals surface area (Å²) in [6.45, 7) is 19.1. The van der Waals surface area contributed by atoms with Crippen LogP contribution in [0, 0.1) is 72.7 Å². The number of amides is 7. The van der Waals surface area contributed by atoms with E-state index in [1.165, 1.54) is 17.8 Å². The van der Waals surface area contributed by atoms with Gasteiger partial charge in [0.25, 0.3) is 7.82 Å². The summed E-state index contributed by atoms with van der Waals surface area (Å²) in [5.41, 5.74) is 37.2. The maximum Gasteiger partial charge on any atom is 0.268 e. The van der Waals surface area contributed by atoms with Crippen LogP contribution < -0.4 is 44.6 Å². The second kappa shape index (κ2) is 29.9. The van der Waals surface area contributed by atoms with Crippen LogP contribution in [0.2, 0.25) is 0 Å². The number of aryl methyl sites for hydroxylation is 2. The number of aliphatic imine (C=N–C) groups is 2. The van der Waals surface area contributed by atoms with Gasteiger partial charge in [-0.15, -0.1) is 0 Å². The van der Waals surface area contributed by atoms with E-state index < -0.39 is 143 Å². The summed E-state index contributed by atoms with van der Waals surface area (Å²) in [6.07, 6.45) is -0.887. The first-order valence-electron chi connectivity index (χ1n) is 30.5. The Morgan fingerprint density at radius 3 is 1.97 bits per heavy atom. The molecule has 29 heteroatoms. The number of aromatic nitrogens is 2. The molecule has 5 aliphatic heterocycles. The van der Waals surface area contributed by atoms with Crippen LogP contribution in [0.3, 0.4) is 0 Å². The molecule has 1 aliphatic carbocycles. The Kier molecular flexibility index (Phi) is 25.4. The molecule has 7 amide bonds. The number of nitrogens with two attached hydrogens (primary N) is 6. The Bertz CT molecular complexity index is 3560. The number of ether oxygens (including phenoxy) is 1. The predicted octanol–water partition coefficient (Wildman–Crippen LogP) is 4.60. The first-order chi connectivity index (χ1) is 41.8. The number of hydrogen-bond acceptors (Lipinski definition) is 17. The van der Waals surface area contributed by atoms with E-state index in [1.807, 2.05) is 80.5 Å². The Morgan fingerprint density at radius 2 is 1.40 bits per heavy atom. The number of benzene rings is 1. The molecule has 0 saturated carbocycles. The second-order valence-corrected chi connectivity index (χ2v) is 28.4. The Morgan fingerprint density at radius 1 is 0.830 bits per heavy atom. The van der Waals surface area contributed by atoms with Crippen LogP contribution in [0.5, 0.6) is 0 Å². The van der Waals surface area contributed by atoms with E-state index in [-0.39, 0.29) is 119 Å².